The third-order valence-electron chi connectivity index (χ3n) is 5.61. The molecule has 3 aromatic rings. The van der Waals surface area contributed by atoms with Crippen LogP contribution in [0.25, 0.3) is 0 Å². The highest BCUT2D eigenvalue weighted by atomic mass is 127. The number of nitrogens with zero attached hydrogens (tertiary/aromatic N) is 2. The number of hydrogen-bond acceptors (Lipinski definition) is 4. The first-order valence-electron chi connectivity index (χ1n) is 11.1. The number of rotatable bonds is 10. The molecule has 0 spiro atoms. The number of carbonyl (C=O) groups is 2. The fraction of sp³-hybridized carbons (Fsp3) is 0.231. The minimum atomic E-state index is -3.84. The lowest BCUT2D eigenvalue weighted by Gasteiger charge is -2.33. The Kier molecular flexibility index (Phi) is 9.43. The van der Waals surface area contributed by atoms with Gasteiger partial charge < -0.3 is 10.2 Å². The number of nitrogens with one attached hydrogen (secondary N) is 1. The summed E-state index contributed by atoms with van der Waals surface area (Å²) in [4.78, 5) is 28.0. The standard InChI is InChI=1S/C26H27FIN3O4S/c1-29-26(33)24(16-19-8-4-3-5-9-19)30(17-20-10-6-7-11-23(20)27)25(32)18-31(36(2,34)35)22-14-12-21(28)13-15-22/h3-15,24H,16-18H2,1-2H3,(H,29,33)/t24-/m0/s1. The van der Waals surface area contributed by atoms with Gasteiger partial charge in [0.2, 0.25) is 21.8 Å². The molecule has 0 fully saturated rings. The number of amides is 2. The second-order valence-corrected chi connectivity index (χ2v) is 11.3. The monoisotopic (exact) mass is 623 g/mol. The summed E-state index contributed by atoms with van der Waals surface area (Å²) in [5.41, 5.74) is 1.33. The van der Waals surface area contributed by atoms with Crippen molar-refractivity contribution in [2.75, 3.05) is 24.2 Å². The van der Waals surface area contributed by atoms with E-state index in [2.05, 4.69) is 27.9 Å². The van der Waals surface area contributed by atoms with Crippen LogP contribution in [0.15, 0.2) is 78.9 Å². The molecule has 0 aliphatic heterocycles. The van der Waals surface area contributed by atoms with Crippen LogP contribution in [0.1, 0.15) is 11.1 Å². The highest BCUT2D eigenvalue weighted by Crippen LogP contribution is 2.22. The molecule has 2 amide bonds. The maximum atomic E-state index is 14.6. The quantitative estimate of drug-likeness (QED) is 0.350. The molecule has 0 radical (unpaired) electrons. The largest absolute Gasteiger partial charge is 0.357 e. The van der Waals surface area contributed by atoms with E-state index in [0.717, 1.165) is 19.7 Å². The Balaban J connectivity index is 2.03. The van der Waals surface area contributed by atoms with Gasteiger partial charge in [0.25, 0.3) is 0 Å². The molecule has 190 valence electrons. The number of sulfonamides is 1. The minimum absolute atomic E-state index is 0.170. The van der Waals surface area contributed by atoms with Gasteiger partial charge in [0.05, 0.1) is 11.9 Å². The number of benzene rings is 3. The third-order valence-corrected chi connectivity index (χ3v) is 7.47. The highest BCUT2D eigenvalue weighted by molar-refractivity contribution is 14.1. The van der Waals surface area contributed by atoms with Crippen molar-refractivity contribution in [2.24, 2.45) is 0 Å². The van der Waals surface area contributed by atoms with E-state index in [9.17, 15) is 22.4 Å². The van der Waals surface area contributed by atoms with E-state index in [1.807, 2.05) is 30.3 Å². The van der Waals surface area contributed by atoms with Crippen molar-refractivity contribution in [1.29, 1.82) is 0 Å². The molecule has 0 heterocycles. The van der Waals surface area contributed by atoms with Crippen LogP contribution in [0.2, 0.25) is 0 Å². The van der Waals surface area contributed by atoms with Gasteiger partial charge in [-0.05, 0) is 58.5 Å². The van der Waals surface area contributed by atoms with Crippen LogP contribution in [-0.2, 0) is 32.6 Å². The smallest absolute Gasteiger partial charge is 0.244 e. The first-order valence-corrected chi connectivity index (χ1v) is 14.0. The fourth-order valence-corrected chi connectivity index (χ4v) is 4.96. The Morgan fingerprint density at radius 1 is 0.972 bits per heavy atom. The van der Waals surface area contributed by atoms with Crippen LogP contribution in [0.5, 0.6) is 0 Å². The van der Waals surface area contributed by atoms with Gasteiger partial charge in [-0.1, -0.05) is 48.5 Å². The number of carbonyl (C=O) groups excluding carboxylic acids is 2. The Hall–Kier alpha value is -2.99. The number of halogens is 2. The second kappa shape index (κ2) is 12.3. The Bertz CT molecular complexity index is 1300. The maximum Gasteiger partial charge on any atom is 0.244 e. The van der Waals surface area contributed by atoms with E-state index in [0.29, 0.717) is 5.69 Å². The Morgan fingerprint density at radius 2 is 1.58 bits per heavy atom. The zero-order valence-electron chi connectivity index (χ0n) is 19.9. The van der Waals surface area contributed by atoms with Gasteiger partial charge in [0, 0.05) is 29.1 Å². The van der Waals surface area contributed by atoms with Gasteiger partial charge >= 0.3 is 0 Å². The van der Waals surface area contributed by atoms with Crippen molar-refractivity contribution in [3.8, 4) is 0 Å². The zero-order chi connectivity index (χ0) is 26.3. The second-order valence-electron chi connectivity index (χ2n) is 8.18. The van der Waals surface area contributed by atoms with Crippen molar-refractivity contribution in [1.82, 2.24) is 10.2 Å². The average Bonchev–Trinajstić information content (AvgIpc) is 2.85. The van der Waals surface area contributed by atoms with E-state index in [4.69, 9.17) is 0 Å². The SMILES string of the molecule is CNC(=O)[C@H](Cc1ccccc1)N(Cc1ccccc1F)C(=O)CN(c1ccc(I)cc1)S(C)(=O)=O. The lowest BCUT2D eigenvalue weighted by molar-refractivity contribution is -0.139. The molecule has 10 heteroatoms. The molecule has 0 bridgehead atoms. The molecule has 3 aromatic carbocycles. The highest BCUT2D eigenvalue weighted by Gasteiger charge is 2.33. The molecule has 7 nitrogen and oxygen atoms in total. The number of anilines is 1. The molecule has 0 saturated heterocycles. The van der Waals surface area contributed by atoms with Crippen molar-refractivity contribution >= 4 is 50.1 Å². The summed E-state index contributed by atoms with van der Waals surface area (Å²) in [6.07, 6.45) is 1.18. The van der Waals surface area contributed by atoms with Gasteiger partial charge in [0.15, 0.2) is 0 Å². The van der Waals surface area contributed by atoms with E-state index in [1.165, 1.54) is 30.1 Å². The molecule has 3 rings (SSSR count). The van der Waals surface area contributed by atoms with E-state index >= 15 is 0 Å². The van der Waals surface area contributed by atoms with Gasteiger partial charge in [-0.2, -0.15) is 0 Å². The van der Waals surface area contributed by atoms with E-state index < -0.39 is 40.2 Å². The summed E-state index contributed by atoms with van der Waals surface area (Å²) in [6.45, 7) is -0.753. The van der Waals surface area contributed by atoms with Crippen LogP contribution in [0.3, 0.4) is 0 Å². The first kappa shape index (κ1) is 27.6. The molecule has 1 N–H and O–H groups in total. The van der Waals surface area contributed by atoms with E-state index in [1.54, 1.807) is 30.3 Å². The first-order chi connectivity index (χ1) is 17.1. The van der Waals surface area contributed by atoms with Crippen LogP contribution >= 0.6 is 22.6 Å². The van der Waals surface area contributed by atoms with Crippen LogP contribution in [0.4, 0.5) is 10.1 Å². The van der Waals surface area contributed by atoms with Crippen LogP contribution in [-0.4, -0.2) is 51.0 Å². The zero-order valence-corrected chi connectivity index (χ0v) is 22.9. The molecule has 0 aliphatic rings. The lowest BCUT2D eigenvalue weighted by Crippen LogP contribution is -2.53. The Labute approximate surface area is 224 Å². The summed E-state index contributed by atoms with van der Waals surface area (Å²) >= 11 is 2.10. The molecule has 0 aromatic heterocycles. The van der Waals surface area contributed by atoms with Gasteiger partial charge in [-0.15, -0.1) is 0 Å². The van der Waals surface area contributed by atoms with Crippen molar-refractivity contribution in [3.05, 3.63) is 99.4 Å². The predicted molar refractivity (Wildman–Crippen MR) is 146 cm³/mol. The van der Waals surface area contributed by atoms with Crippen LogP contribution < -0.4 is 9.62 Å². The summed E-state index contributed by atoms with van der Waals surface area (Å²) in [5.74, 6) is -1.60. The Morgan fingerprint density at radius 3 is 2.17 bits per heavy atom. The molecule has 0 saturated carbocycles. The topological polar surface area (TPSA) is 86.8 Å². The number of likely N-dealkylation sites (N-methyl/N-ethyl adjacent to an activating group) is 1. The molecular weight excluding hydrogens is 596 g/mol. The van der Waals surface area contributed by atoms with Crippen molar-refractivity contribution in [2.45, 2.75) is 19.0 Å². The predicted octanol–water partition coefficient (Wildman–Crippen LogP) is 3.58. The minimum Gasteiger partial charge on any atom is -0.357 e. The summed E-state index contributed by atoms with van der Waals surface area (Å²) in [6, 6.07) is 20.8. The van der Waals surface area contributed by atoms with Crippen LogP contribution in [0, 0.1) is 9.39 Å². The maximum absolute atomic E-state index is 14.6. The van der Waals surface area contributed by atoms with Gasteiger partial charge in [0.1, 0.15) is 18.4 Å². The lowest BCUT2D eigenvalue weighted by atomic mass is 10.0. The van der Waals surface area contributed by atoms with Gasteiger partial charge in [-0.3, -0.25) is 13.9 Å². The van der Waals surface area contributed by atoms with Crippen molar-refractivity contribution < 1.29 is 22.4 Å². The van der Waals surface area contributed by atoms with E-state index in [-0.39, 0.29) is 18.5 Å². The third kappa shape index (κ3) is 7.26. The fourth-order valence-electron chi connectivity index (χ4n) is 3.75. The summed E-state index contributed by atoms with van der Waals surface area (Å²) in [7, 11) is -2.38. The average molecular weight is 623 g/mol. The molecule has 0 unspecified atom stereocenters. The van der Waals surface area contributed by atoms with Crippen molar-refractivity contribution in [3.63, 3.8) is 0 Å². The molecular formula is C26H27FIN3O4S. The molecule has 36 heavy (non-hydrogen) atoms. The summed E-state index contributed by atoms with van der Waals surface area (Å²) in [5, 5.41) is 2.58. The van der Waals surface area contributed by atoms with Gasteiger partial charge in [-0.25, -0.2) is 12.8 Å². The molecule has 0 aliphatic carbocycles. The normalized spacial score (nSPS) is 12.0. The molecule has 1 atom stereocenters. The summed E-state index contributed by atoms with van der Waals surface area (Å²) < 4.78 is 41.8. The number of hydrogen-bond donors (Lipinski definition) is 1.